The summed E-state index contributed by atoms with van der Waals surface area (Å²) < 4.78 is 5.50. The Morgan fingerprint density at radius 1 is 0.778 bits per heavy atom. The van der Waals surface area contributed by atoms with E-state index in [0.717, 1.165) is 32.0 Å². The van der Waals surface area contributed by atoms with Crippen molar-refractivity contribution in [1.82, 2.24) is 5.32 Å². The summed E-state index contributed by atoms with van der Waals surface area (Å²) in [5.41, 5.74) is 5.17. The molecule has 182 valence electrons. The van der Waals surface area contributed by atoms with E-state index in [2.05, 4.69) is 29.6 Å². The Bertz CT molecular complexity index is 1280. The van der Waals surface area contributed by atoms with E-state index in [1.54, 1.807) is 23.9 Å². The molecule has 5 nitrogen and oxygen atoms in total. The molecule has 0 saturated heterocycles. The first-order valence-corrected chi connectivity index (χ1v) is 12.7. The van der Waals surface area contributed by atoms with E-state index >= 15 is 0 Å². The van der Waals surface area contributed by atoms with Gasteiger partial charge in [0.15, 0.2) is 0 Å². The molecule has 1 aliphatic rings. The summed E-state index contributed by atoms with van der Waals surface area (Å²) in [5.74, 6) is -0.0362. The molecule has 1 aliphatic carbocycles. The van der Waals surface area contributed by atoms with E-state index in [-0.39, 0.29) is 19.1 Å². The van der Waals surface area contributed by atoms with Crippen LogP contribution in [0.4, 0.5) is 4.79 Å². The van der Waals surface area contributed by atoms with Gasteiger partial charge in [0.2, 0.25) is 0 Å². The number of hydrogen-bond donors (Lipinski definition) is 3. The molecule has 4 aromatic rings. The lowest BCUT2D eigenvalue weighted by Gasteiger charge is -2.19. The van der Waals surface area contributed by atoms with E-state index in [1.807, 2.05) is 66.7 Å². The molecule has 0 saturated carbocycles. The number of fused-ring (bicyclic) bond motifs is 3. The molecular weight excluding hydrogens is 470 g/mol. The smallest absolute Gasteiger partial charge is 0.407 e. The van der Waals surface area contributed by atoms with Gasteiger partial charge in [-0.2, -0.15) is 0 Å². The first-order valence-electron chi connectivity index (χ1n) is 11.9. The first kappa shape index (κ1) is 24.1. The van der Waals surface area contributed by atoms with Gasteiger partial charge in [-0.3, -0.25) is 0 Å². The van der Waals surface area contributed by atoms with Gasteiger partial charge in [0.1, 0.15) is 18.8 Å². The van der Waals surface area contributed by atoms with Gasteiger partial charge in [-0.25, -0.2) is 4.79 Å². The molecule has 0 radical (unpaired) electrons. The highest BCUT2D eigenvalue weighted by molar-refractivity contribution is 7.99. The van der Waals surface area contributed by atoms with Crippen molar-refractivity contribution in [3.8, 4) is 11.1 Å². The Balaban J connectivity index is 1.13. The molecule has 0 aromatic heterocycles. The summed E-state index contributed by atoms with van der Waals surface area (Å²) in [7, 11) is 0. The normalized spacial score (nSPS) is 13.9. The largest absolute Gasteiger partial charge is 0.449 e. The van der Waals surface area contributed by atoms with Crippen LogP contribution in [0, 0.1) is 0 Å². The Kier molecular flexibility index (Phi) is 7.37. The number of hydrogen-bond acceptors (Lipinski definition) is 5. The highest BCUT2D eigenvalue weighted by Gasteiger charge is 2.29. The third-order valence-electron chi connectivity index (χ3n) is 6.36. The van der Waals surface area contributed by atoms with E-state index in [0.29, 0.717) is 5.56 Å². The van der Waals surface area contributed by atoms with Crippen LogP contribution >= 0.6 is 11.8 Å². The first-order chi connectivity index (χ1) is 17.6. The van der Waals surface area contributed by atoms with Crippen molar-refractivity contribution >= 4 is 17.9 Å². The molecule has 3 N–H and O–H groups in total. The maximum Gasteiger partial charge on any atom is 0.407 e. The average molecular weight is 498 g/mol. The van der Waals surface area contributed by atoms with Gasteiger partial charge >= 0.3 is 6.09 Å². The van der Waals surface area contributed by atoms with Crippen LogP contribution in [0.2, 0.25) is 0 Å². The van der Waals surface area contributed by atoms with Crippen molar-refractivity contribution in [2.75, 3.05) is 13.2 Å². The van der Waals surface area contributed by atoms with Crippen molar-refractivity contribution in [3.63, 3.8) is 0 Å². The maximum atomic E-state index is 12.4. The van der Waals surface area contributed by atoms with Gasteiger partial charge < -0.3 is 20.3 Å². The second-order valence-corrected chi connectivity index (χ2v) is 9.85. The highest BCUT2D eigenvalue weighted by Crippen LogP contribution is 2.44. The summed E-state index contributed by atoms with van der Waals surface area (Å²) >= 11 is 1.62. The predicted molar refractivity (Wildman–Crippen MR) is 141 cm³/mol. The van der Waals surface area contributed by atoms with E-state index in [1.165, 1.54) is 0 Å². The van der Waals surface area contributed by atoms with Gasteiger partial charge in [0.05, 0.1) is 0 Å². The van der Waals surface area contributed by atoms with Crippen molar-refractivity contribution in [3.05, 3.63) is 120 Å². The third kappa shape index (κ3) is 5.31. The van der Waals surface area contributed by atoms with Crippen LogP contribution in [-0.2, 0) is 4.74 Å². The Labute approximate surface area is 214 Å². The second kappa shape index (κ2) is 11.0. The lowest BCUT2D eigenvalue weighted by molar-refractivity contribution is 0.0185. The number of carbonyl (C=O) groups is 1. The Hall–Kier alpha value is -3.58. The van der Waals surface area contributed by atoms with Crippen LogP contribution in [0.25, 0.3) is 11.1 Å². The Morgan fingerprint density at radius 3 is 1.97 bits per heavy atom. The number of aliphatic hydroxyl groups is 2. The van der Waals surface area contributed by atoms with Crippen molar-refractivity contribution in [1.29, 1.82) is 0 Å². The molecule has 0 bridgehead atoms. The van der Waals surface area contributed by atoms with Crippen LogP contribution in [0.1, 0.15) is 28.7 Å². The standard InChI is InChI=1S/C30H27NO4S/c32-28(29(33)20-14-16-22(17-15-20)36-21-8-2-1-3-9-21)18-31-30(34)35-19-27-25-12-6-4-10-23(25)24-11-5-7-13-26(24)27/h1-17,27-29,32-33H,18-19H2,(H,31,34). The minimum absolute atomic E-state index is 0.0362. The van der Waals surface area contributed by atoms with Gasteiger partial charge in [-0.1, -0.05) is 90.6 Å². The molecule has 0 spiro atoms. The molecule has 2 atom stereocenters. The molecule has 1 amide bonds. The second-order valence-electron chi connectivity index (χ2n) is 8.70. The van der Waals surface area contributed by atoms with Gasteiger partial charge in [-0.05, 0) is 52.1 Å². The predicted octanol–water partition coefficient (Wildman–Crippen LogP) is 5.77. The SMILES string of the molecule is O=C(NCC(O)C(O)c1ccc(Sc2ccccc2)cc1)OCC1c2ccccc2-c2ccccc21. The van der Waals surface area contributed by atoms with E-state index in [9.17, 15) is 15.0 Å². The molecule has 0 aliphatic heterocycles. The van der Waals surface area contributed by atoms with Gasteiger partial charge in [0.25, 0.3) is 0 Å². The average Bonchev–Trinajstić information content (AvgIpc) is 3.25. The fourth-order valence-corrected chi connectivity index (χ4v) is 5.37. The van der Waals surface area contributed by atoms with Crippen molar-refractivity contribution < 1.29 is 19.7 Å². The minimum Gasteiger partial charge on any atom is -0.449 e. The molecule has 4 aromatic carbocycles. The van der Waals surface area contributed by atoms with Gasteiger partial charge in [0, 0.05) is 22.3 Å². The summed E-state index contributed by atoms with van der Waals surface area (Å²) in [6, 6.07) is 33.7. The van der Waals surface area contributed by atoms with Crippen LogP contribution in [0.3, 0.4) is 0 Å². The lowest BCUT2D eigenvalue weighted by atomic mass is 9.98. The zero-order chi connectivity index (χ0) is 24.9. The number of amides is 1. The van der Waals surface area contributed by atoms with Crippen LogP contribution < -0.4 is 5.32 Å². The zero-order valence-corrected chi connectivity index (χ0v) is 20.4. The Morgan fingerprint density at radius 2 is 1.33 bits per heavy atom. The fraction of sp³-hybridized carbons (Fsp3) is 0.167. The zero-order valence-electron chi connectivity index (χ0n) is 19.6. The van der Waals surface area contributed by atoms with Crippen molar-refractivity contribution in [2.24, 2.45) is 0 Å². The molecule has 6 heteroatoms. The summed E-state index contributed by atoms with van der Waals surface area (Å²) in [6.07, 6.45) is -2.93. The summed E-state index contributed by atoms with van der Waals surface area (Å²) in [5, 5.41) is 23.6. The number of carbonyl (C=O) groups excluding carboxylic acids is 1. The number of rotatable bonds is 8. The monoisotopic (exact) mass is 497 g/mol. The summed E-state index contributed by atoms with van der Waals surface area (Å²) in [4.78, 5) is 14.5. The fourth-order valence-electron chi connectivity index (χ4n) is 4.53. The molecule has 0 fully saturated rings. The lowest BCUT2D eigenvalue weighted by Crippen LogP contribution is -2.36. The quantitative estimate of drug-likeness (QED) is 0.288. The van der Waals surface area contributed by atoms with E-state index in [4.69, 9.17) is 4.74 Å². The molecule has 2 unspecified atom stereocenters. The number of ether oxygens (including phenoxy) is 1. The van der Waals surface area contributed by atoms with Crippen molar-refractivity contribution in [2.45, 2.75) is 27.9 Å². The van der Waals surface area contributed by atoms with Crippen LogP contribution in [0.15, 0.2) is 113 Å². The maximum absolute atomic E-state index is 12.4. The van der Waals surface area contributed by atoms with Crippen LogP contribution in [0.5, 0.6) is 0 Å². The minimum atomic E-state index is -1.17. The van der Waals surface area contributed by atoms with Crippen LogP contribution in [-0.4, -0.2) is 35.6 Å². The van der Waals surface area contributed by atoms with E-state index < -0.39 is 18.3 Å². The molecule has 36 heavy (non-hydrogen) atoms. The highest BCUT2D eigenvalue weighted by atomic mass is 32.2. The number of alkyl carbamates (subject to hydrolysis) is 1. The third-order valence-corrected chi connectivity index (χ3v) is 7.38. The number of benzene rings is 4. The van der Waals surface area contributed by atoms with Gasteiger partial charge in [-0.15, -0.1) is 0 Å². The molecular formula is C30H27NO4S. The topological polar surface area (TPSA) is 78.8 Å². The molecule has 5 rings (SSSR count). The summed E-state index contributed by atoms with van der Waals surface area (Å²) in [6.45, 7) is 0.0669. The number of nitrogens with one attached hydrogen (secondary N) is 1. The molecule has 0 heterocycles. The number of aliphatic hydroxyl groups excluding tert-OH is 2.